The van der Waals surface area contributed by atoms with Crippen molar-refractivity contribution in [3.05, 3.63) is 58.4 Å². The van der Waals surface area contributed by atoms with E-state index < -0.39 is 40.1 Å². The SMILES string of the molecule is COC(=O)Cn1c(=NC(=O)c2ccc(S(=O)(=O)N3CCCC(C)C3)cc2)sc2cc(F)cc(F)c21. The van der Waals surface area contributed by atoms with Crippen LogP contribution in [0.25, 0.3) is 10.2 Å². The van der Waals surface area contributed by atoms with Crippen molar-refractivity contribution in [2.24, 2.45) is 10.9 Å². The monoisotopic (exact) mass is 523 g/mol. The van der Waals surface area contributed by atoms with Crippen LogP contribution in [0.1, 0.15) is 30.1 Å². The van der Waals surface area contributed by atoms with Gasteiger partial charge in [0.1, 0.15) is 12.4 Å². The van der Waals surface area contributed by atoms with Crippen molar-refractivity contribution >= 4 is 43.5 Å². The lowest BCUT2D eigenvalue weighted by Crippen LogP contribution is -2.39. The van der Waals surface area contributed by atoms with Gasteiger partial charge in [0.05, 0.1) is 22.2 Å². The molecule has 0 radical (unpaired) electrons. The van der Waals surface area contributed by atoms with Crippen molar-refractivity contribution in [1.82, 2.24) is 8.87 Å². The zero-order chi connectivity index (χ0) is 25.3. The van der Waals surface area contributed by atoms with Crippen LogP contribution in [-0.2, 0) is 26.1 Å². The topological polar surface area (TPSA) is 98.0 Å². The predicted octanol–water partition coefficient (Wildman–Crippen LogP) is 3.32. The fourth-order valence-electron chi connectivity index (χ4n) is 3.99. The van der Waals surface area contributed by atoms with E-state index in [9.17, 15) is 26.8 Å². The van der Waals surface area contributed by atoms with E-state index >= 15 is 0 Å². The van der Waals surface area contributed by atoms with E-state index in [1.165, 1.54) is 28.6 Å². The molecule has 1 saturated heterocycles. The molecule has 0 saturated carbocycles. The summed E-state index contributed by atoms with van der Waals surface area (Å²) in [5.74, 6) is -2.88. The van der Waals surface area contributed by atoms with Crippen LogP contribution in [-0.4, -0.2) is 49.4 Å². The molecule has 12 heteroatoms. The Morgan fingerprint density at radius 1 is 1.20 bits per heavy atom. The van der Waals surface area contributed by atoms with Crippen molar-refractivity contribution in [2.45, 2.75) is 31.2 Å². The standard InChI is InChI=1S/C23H23F2N3O5S2/c1-14-4-3-9-27(12-14)35(31,32)17-7-5-15(6-8-17)22(30)26-23-28(13-20(29)33-2)21-18(25)10-16(24)11-19(21)34-23/h5-8,10-11,14H,3-4,9,12-13H2,1-2H3. The lowest BCUT2D eigenvalue weighted by Gasteiger charge is -2.30. The zero-order valence-electron chi connectivity index (χ0n) is 19.0. The molecular weight excluding hydrogens is 500 g/mol. The minimum Gasteiger partial charge on any atom is -0.468 e. The van der Waals surface area contributed by atoms with Crippen LogP contribution >= 0.6 is 11.3 Å². The first-order valence-electron chi connectivity index (χ1n) is 10.8. The van der Waals surface area contributed by atoms with Crippen molar-refractivity contribution in [3.63, 3.8) is 0 Å². The molecule has 1 aromatic heterocycles. The molecule has 2 aromatic carbocycles. The molecule has 1 amide bonds. The van der Waals surface area contributed by atoms with Gasteiger partial charge in [-0.2, -0.15) is 9.30 Å². The Balaban J connectivity index is 1.68. The van der Waals surface area contributed by atoms with E-state index in [2.05, 4.69) is 9.73 Å². The summed E-state index contributed by atoms with van der Waals surface area (Å²) in [5.41, 5.74) is 0.0234. The largest absolute Gasteiger partial charge is 0.468 e. The summed E-state index contributed by atoms with van der Waals surface area (Å²) in [5, 5.41) is 0. The van der Waals surface area contributed by atoms with E-state index in [0.29, 0.717) is 19.2 Å². The maximum Gasteiger partial charge on any atom is 0.325 e. The molecule has 1 atom stereocenters. The molecule has 1 aliphatic rings. The summed E-state index contributed by atoms with van der Waals surface area (Å²) in [6.45, 7) is 2.47. The van der Waals surface area contributed by atoms with Gasteiger partial charge in [0.25, 0.3) is 5.91 Å². The molecular formula is C23H23F2N3O5S2. The Morgan fingerprint density at radius 3 is 2.57 bits per heavy atom. The lowest BCUT2D eigenvalue weighted by molar-refractivity contribution is -0.141. The second kappa shape index (κ2) is 9.96. The average molecular weight is 524 g/mol. The summed E-state index contributed by atoms with van der Waals surface area (Å²) in [7, 11) is -2.52. The van der Waals surface area contributed by atoms with E-state index in [4.69, 9.17) is 0 Å². The maximum atomic E-state index is 14.5. The van der Waals surface area contributed by atoms with Gasteiger partial charge in [0, 0.05) is 24.7 Å². The van der Waals surface area contributed by atoms with Gasteiger partial charge >= 0.3 is 5.97 Å². The van der Waals surface area contributed by atoms with Gasteiger partial charge < -0.3 is 9.30 Å². The number of fused-ring (bicyclic) bond motifs is 1. The Labute approximate surface area is 204 Å². The maximum absolute atomic E-state index is 14.5. The first-order chi connectivity index (χ1) is 16.6. The number of carbonyl (C=O) groups excluding carboxylic acids is 2. The lowest BCUT2D eigenvalue weighted by atomic mass is 10.0. The highest BCUT2D eigenvalue weighted by molar-refractivity contribution is 7.89. The van der Waals surface area contributed by atoms with Crippen LogP contribution in [0, 0.1) is 17.6 Å². The molecule has 0 spiro atoms. The van der Waals surface area contributed by atoms with Gasteiger partial charge in [-0.05, 0) is 49.1 Å². The molecule has 8 nitrogen and oxygen atoms in total. The molecule has 1 fully saturated rings. The molecule has 1 unspecified atom stereocenters. The first-order valence-corrected chi connectivity index (χ1v) is 13.1. The number of benzene rings is 2. The smallest absolute Gasteiger partial charge is 0.325 e. The Morgan fingerprint density at radius 2 is 1.91 bits per heavy atom. The number of aromatic nitrogens is 1. The molecule has 186 valence electrons. The number of amides is 1. The second-order valence-electron chi connectivity index (χ2n) is 8.33. The van der Waals surface area contributed by atoms with Crippen LogP contribution in [0.15, 0.2) is 46.3 Å². The average Bonchev–Trinajstić information content (AvgIpc) is 3.15. The third kappa shape index (κ3) is 5.19. The molecule has 2 heterocycles. The molecule has 1 aliphatic heterocycles. The first kappa shape index (κ1) is 25.1. The normalized spacial score (nSPS) is 17.6. The zero-order valence-corrected chi connectivity index (χ0v) is 20.7. The Bertz CT molecular complexity index is 1460. The summed E-state index contributed by atoms with van der Waals surface area (Å²) < 4.78 is 61.5. The third-order valence-corrected chi connectivity index (χ3v) is 8.67. The highest BCUT2D eigenvalue weighted by atomic mass is 32.2. The summed E-state index contributed by atoms with van der Waals surface area (Å²) in [6, 6.07) is 7.16. The van der Waals surface area contributed by atoms with Crippen LogP contribution in [0.2, 0.25) is 0 Å². The highest BCUT2D eigenvalue weighted by Crippen LogP contribution is 2.25. The third-order valence-electron chi connectivity index (χ3n) is 5.77. The van der Waals surface area contributed by atoms with Gasteiger partial charge in [-0.3, -0.25) is 9.59 Å². The van der Waals surface area contributed by atoms with Gasteiger partial charge in [-0.1, -0.05) is 18.3 Å². The minimum atomic E-state index is -3.68. The number of hydrogen-bond acceptors (Lipinski definition) is 6. The van der Waals surface area contributed by atoms with E-state index in [1.54, 1.807) is 0 Å². The number of halogens is 2. The fourth-order valence-corrected chi connectivity index (χ4v) is 6.65. The van der Waals surface area contributed by atoms with Crippen LogP contribution in [0.4, 0.5) is 8.78 Å². The number of methoxy groups -OCH3 is 1. The molecule has 0 bridgehead atoms. The van der Waals surface area contributed by atoms with Crippen molar-refractivity contribution in [1.29, 1.82) is 0 Å². The van der Waals surface area contributed by atoms with E-state index in [0.717, 1.165) is 41.9 Å². The number of piperidine rings is 1. The number of rotatable bonds is 5. The number of nitrogens with zero attached hydrogens (tertiary/aromatic N) is 3. The second-order valence-corrected chi connectivity index (χ2v) is 11.3. The summed E-state index contributed by atoms with van der Waals surface area (Å²) >= 11 is 0.839. The van der Waals surface area contributed by atoms with Crippen molar-refractivity contribution in [2.75, 3.05) is 20.2 Å². The van der Waals surface area contributed by atoms with Crippen LogP contribution in [0.5, 0.6) is 0 Å². The highest BCUT2D eigenvalue weighted by Gasteiger charge is 2.28. The van der Waals surface area contributed by atoms with E-state index in [-0.39, 0.29) is 31.4 Å². The van der Waals surface area contributed by atoms with Crippen molar-refractivity contribution < 1.29 is 31.5 Å². The Kier molecular flexibility index (Phi) is 7.15. The molecule has 4 rings (SSSR count). The number of sulfonamides is 1. The molecule has 0 N–H and O–H groups in total. The number of hydrogen-bond donors (Lipinski definition) is 0. The summed E-state index contributed by atoms with van der Waals surface area (Å²) in [6.07, 6.45) is 1.77. The van der Waals surface area contributed by atoms with Gasteiger partial charge in [0.15, 0.2) is 10.6 Å². The van der Waals surface area contributed by atoms with Crippen LogP contribution < -0.4 is 4.80 Å². The number of esters is 1. The number of carbonyl (C=O) groups is 2. The fraction of sp³-hybridized carbons (Fsp3) is 0.348. The minimum absolute atomic E-state index is 0.0288. The van der Waals surface area contributed by atoms with E-state index in [1.807, 2.05) is 6.92 Å². The van der Waals surface area contributed by atoms with Crippen LogP contribution in [0.3, 0.4) is 0 Å². The van der Waals surface area contributed by atoms with Gasteiger partial charge in [0.2, 0.25) is 10.0 Å². The quantitative estimate of drug-likeness (QED) is 0.478. The molecule has 35 heavy (non-hydrogen) atoms. The van der Waals surface area contributed by atoms with Gasteiger partial charge in [-0.25, -0.2) is 17.2 Å². The van der Waals surface area contributed by atoms with Gasteiger partial charge in [-0.15, -0.1) is 0 Å². The molecule has 0 aliphatic carbocycles. The van der Waals surface area contributed by atoms with Crippen molar-refractivity contribution in [3.8, 4) is 0 Å². The Hall–Kier alpha value is -2.96. The summed E-state index contributed by atoms with van der Waals surface area (Å²) in [4.78, 5) is 28.8. The molecule has 3 aromatic rings. The predicted molar refractivity (Wildman–Crippen MR) is 125 cm³/mol. The number of ether oxygens (including phenoxy) is 1. The number of thiazole rings is 1.